The van der Waals surface area contributed by atoms with E-state index in [4.69, 9.17) is 4.74 Å². The molecule has 3 amide bonds. The number of rotatable bonds is 8. The molecule has 0 radical (unpaired) electrons. The van der Waals surface area contributed by atoms with Gasteiger partial charge in [0.2, 0.25) is 11.8 Å². The van der Waals surface area contributed by atoms with Crippen molar-refractivity contribution in [2.24, 2.45) is 23.7 Å². The number of carbonyl (C=O) groups is 4. The van der Waals surface area contributed by atoms with Gasteiger partial charge in [-0.1, -0.05) is 72.8 Å². The zero-order chi connectivity index (χ0) is 24.5. The summed E-state index contributed by atoms with van der Waals surface area (Å²) < 4.78 is 5.36. The van der Waals surface area contributed by atoms with Crippen LogP contribution in [0.4, 0.5) is 0 Å². The van der Waals surface area contributed by atoms with Gasteiger partial charge >= 0.3 is 5.97 Å². The molecule has 2 bridgehead atoms. The largest absolute Gasteiger partial charge is 0.454 e. The number of amides is 3. The number of ether oxygens (including phenoxy) is 1. The lowest BCUT2D eigenvalue weighted by molar-refractivity contribution is -0.160. The lowest BCUT2D eigenvalue weighted by Crippen LogP contribution is -2.49. The van der Waals surface area contributed by atoms with E-state index in [0.717, 1.165) is 22.4 Å². The Balaban J connectivity index is 1.29. The Labute approximate surface area is 204 Å². The fraction of sp³-hybridized carbons (Fsp3) is 0.357. The summed E-state index contributed by atoms with van der Waals surface area (Å²) in [7, 11) is 0. The maximum absolute atomic E-state index is 13.3. The van der Waals surface area contributed by atoms with E-state index < -0.39 is 36.4 Å². The summed E-state index contributed by atoms with van der Waals surface area (Å²) in [6.07, 6.45) is 4.99. The highest BCUT2D eigenvalue weighted by Gasteiger charge is 2.61. The van der Waals surface area contributed by atoms with Gasteiger partial charge in [-0.05, 0) is 36.3 Å². The third-order valence-corrected chi connectivity index (χ3v) is 7.38. The van der Waals surface area contributed by atoms with Gasteiger partial charge in [0.15, 0.2) is 6.61 Å². The molecular weight excluding hydrogens is 444 g/mol. The minimum Gasteiger partial charge on any atom is -0.454 e. The van der Waals surface area contributed by atoms with Crippen molar-refractivity contribution >= 4 is 23.7 Å². The highest BCUT2D eigenvalue weighted by molar-refractivity contribution is 6.09. The Morgan fingerprint density at radius 3 is 2.11 bits per heavy atom. The van der Waals surface area contributed by atoms with E-state index in [9.17, 15) is 19.2 Å². The number of benzene rings is 2. The molecule has 180 valence electrons. The molecule has 7 nitrogen and oxygen atoms in total. The van der Waals surface area contributed by atoms with Gasteiger partial charge in [-0.2, -0.15) is 0 Å². The number of allylic oxidation sites excluding steroid dienone is 2. The molecule has 2 aliphatic carbocycles. The Bertz CT molecular complexity index is 1130. The van der Waals surface area contributed by atoms with Crippen molar-refractivity contribution in [3.8, 4) is 0 Å². The zero-order valence-corrected chi connectivity index (χ0v) is 19.5. The summed E-state index contributed by atoms with van der Waals surface area (Å²) >= 11 is 0. The van der Waals surface area contributed by atoms with Crippen LogP contribution in [0.2, 0.25) is 0 Å². The van der Waals surface area contributed by atoms with Crippen LogP contribution >= 0.6 is 0 Å². The lowest BCUT2D eigenvalue weighted by Gasteiger charge is -2.26. The monoisotopic (exact) mass is 472 g/mol. The molecule has 2 aromatic carbocycles. The van der Waals surface area contributed by atoms with Crippen LogP contribution in [0.1, 0.15) is 30.5 Å². The molecule has 0 aromatic heterocycles. The number of esters is 1. The second-order valence-electron chi connectivity index (χ2n) is 9.56. The SMILES string of the molecule is C[C@H](NC(=O)COC(=O)[C@@H](Cc1ccccc1)N1C(=O)[C@@H]2[C@H](C1=O)[C@H]1C=C[C@H]2C1)c1ccccc1. The minimum absolute atomic E-state index is 0.0464. The van der Waals surface area contributed by atoms with Crippen LogP contribution in [0.3, 0.4) is 0 Å². The second-order valence-corrected chi connectivity index (χ2v) is 9.56. The van der Waals surface area contributed by atoms with Gasteiger partial charge in [0, 0.05) is 6.42 Å². The van der Waals surface area contributed by atoms with Crippen molar-refractivity contribution in [2.45, 2.75) is 31.8 Å². The minimum atomic E-state index is -1.11. The van der Waals surface area contributed by atoms with Gasteiger partial charge in [-0.15, -0.1) is 0 Å². The molecule has 0 spiro atoms. The molecule has 5 rings (SSSR count). The Kier molecular flexibility index (Phi) is 6.24. The van der Waals surface area contributed by atoms with Crippen LogP contribution in [-0.4, -0.2) is 41.2 Å². The molecule has 1 heterocycles. The predicted octanol–water partition coefficient (Wildman–Crippen LogP) is 2.83. The smallest absolute Gasteiger partial charge is 0.330 e. The molecule has 3 aliphatic rings. The van der Waals surface area contributed by atoms with E-state index in [1.165, 1.54) is 0 Å². The molecule has 1 N–H and O–H groups in total. The van der Waals surface area contributed by atoms with E-state index in [1.54, 1.807) is 0 Å². The number of fused-ring (bicyclic) bond motifs is 5. The lowest BCUT2D eigenvalue weighted by atomic mass is 9.85. The van der Waals surface area contributed by atoms with Gasteiger partial charge in [0.25, 0.3) is 5.91 Å². The van der Waals surface area contributed by atoms with Gasteiger partial charge in [-0.3, -0.25) is 19.3 Å². The second kappa shape index (κ2) is 9.49. The quantitative estimate of drug-likeness (QED) is 0.362. The van der Waals surface area contributed by atoms with Crippen molar-refractivity contribution < 1.29 is 23.9 Å². The first-order valence-corrected chi connectivity index (χ1v) is 12.0. The van der Waals surface area contributed by atoms with Crippen molar-refractivity contribution in [3.05, 3.63) is 83.9 Å². The van der Waals surface area contributed by atoms with Gasteiger partial charge < -0.3 is 10.1 Å². The Hall–Kier alpha value is -3.74. The Morgan fingerprint density at radius 2 is 1.51 bits per heavy atom. The summed E-state index contributed by atoms with van der Waals surface area (Å²) in [5, 5.41) is 2.81. The van der Waals surface area contributed by atoms with Crippen LogP contribution in [-0.2, 0) is 30.3 Å². The maximum atomic E-state index is 13.3. The Morgan fingerprint density at radius 1 is 0.943 bits per heavy atom. The third kappa shape index (κ3) is 4.38. The maximum Gasteiger partial charge on any atom is 0.330 e. The van der Waals surface area contributed by atoms with E-state index >= 15 is 0 Å². The molecule has 1 aliphatic heterocycles. The van der Waals surface area contributed by atoms with Crippen molar-refractivity contribution in [1.29, 1.82) is 0 Å². The molecule has 6 atom stereocenters. The van der Waals surface area contributed by atoms with E-state index in [-0.39, 0.29) is 36.1 Å². The van der Waals surface area contributed by atoms with Crippen molar-refractivity contribution in [3.63, 3.8) is 0 Å². The third-order valence-electron chi connectivity index (χ3n) is 7.38. The first-order chi connectivity index (χ1) is 16.9. The van der Waals surface area contributed by atoms with Crippen LogP contribution in [0.25, 0.3) is 0 Å². The van der Waals surface area contributed by atoms with Crippen LogP contribution in [0.5, 0.6) is 0 Å². The normalized spacial score (nSPS) is 25.9. The summed E-state index contributed by atoms with van der Waals surface area (Å²) in [5.41, 5.74) is 1.73. The van der Waals surface area contributed by atoms with E-state index in [2.05, 4.69) is 5.32 Å². The molecule has 2 fully saturated rings. The molecular formula is C28H28N2O5. The number of nitrogens with zero attached hydrogens (tertiary/aromatic N) is 1. The molecule has 2 aromatic rings. The van der Waals surface area contributed by atoms with Crippen molar-refractivity contribution in [2.75, 3.05) is 6.61 Å². The molecule has 1 saturated heterocycles. The molecule has 1 saturated carbocycles. The summed E-state index contributed by atoms with van der Waals surface area (Å²) in [6.45, 7) is 1.35. The molecule has 0 unspecified atom stereocenters. The summed E-state index contributed by atoms with van der Waals surface area (Å²) in [4.78, 5) is 53.5. The number of carbonyl (C=O) groups excluding carboxylic acids is 4. The van der Waals surface area contributed by atoms with E-state index in [1.807, 2.05) is 79.7 Å². The fourth-order valence-corrected chi connectivity index (χ4v) is 5.69. The van der Waals surface area contributed by atoms with Crippen LogP contribution < -0.4 is 5.32 Å². The average molecular weight is 473 g/mol. The molecule has 35 heavy (non-hydrogen) atoms. The van der Waals surface area contributed by atoms with Gasteiger partial charge in [-0.25, -0.2) is 4.79 Å². The van der Waals surface area contributed by atoms with Gasteiger partial charge in [0.1, 0.15) is 6.04 Å². The first-order valence-electron chi connectivity index (χ1n) is 12.0. The van der Waals surface area contributed by atoms with Crippen LogP contribution in [0, 0.1) is 23.7 Å². The average Bonchev–Trinajstić information content (AvgIpc) is 3.56. The number of hydrogen-bond acceptors (Lipinski definition) is 5. The van der Waals surface area contributed by atoms with Gasteiger partial charge in [0.05, 0.1) is 17.9 Å². The van der Waals surface area contributed by atoms with E-state index in [0.29, 0.717) is 0 Å². The predicted molar refractivity (Wildman–Crippen MR) is 127 cm³/mol. The topological polar surface area (TPSA) is 92.8 Å². The highest BCUT2D eigenvalue weighted by Crippen LogP contribution is 2.53. The summed E-state index contributed by atoms with van der Waals surface area (Å²) in [6, 6.07) is 17.3. The number of nitrogens with one attached hydrogen (secondary N) is 1. The highest BCUT2D eigenvalue weighted by atomic mass is 16.5. The van der Waals surface area contributed by atoms with Crippen molar-refractivity contribution in [1.82, 2.24) is 10.2 Å². The first kappa shape index (κ1) is 23.0. The number of likely N-dealkylation sites (tertiary alicyclic amines) is 1. The standard InChI is InChI=1S/C28H28N2O5/c1-17(19-10-6-3-7-11-19)29-23(31)16-35-28(34)22(14-18-8-4-2-5-9-18)30-26(32)24-20-12-13-21(15-20)25(24)27(30)33/h2-13,17,20-22,24-25H,14-16H2,1H3,(H,29,31)/t17-,20-,21-,22+,24-,25+/m0/s1. The fourth-order valence-electron chi connectivity index (χ4n) is 5.69. The zero-order valence-electron chi connectivity index (χ0n) is 19.5. The number of hydrogen-bond donors (Lipinski definition) is 1. The number of imide groups is 1. The summed E-state index contributed by atoms with van der Waals surface area (Å²) in [5.74, 6) is -2.54. The van der Waals surface area contributed by atoms with Crippen LogP contribution in [0.15, 0.2) is 72.8 Å². The molecule has 7 heteroatoms.